The molecule has 4 heterocycles. The number of rotatable bonds is 7. The van der Waals surface area contributed by atoms with E-state index in [0.717, 1.165) is 32.7 Å². The van der Waals surface area contributed by atoms with Gasteiger partial charge in [-0.2, -0.15) is 0 Å². The first-order chi connectivity index (χ1) is 27.7. The molecular weight excluding hydrogens is 988 g/mol. The van der Waals surface area contributed by atoms with Crippen LogP contribution in [0.25, 0.3) is 34.2 Å². The average Bonchev–Trinajstić information content (AvgIpc) is 3.89. The minimum atomic E-state index is -2.32. The number of halogens is 10. The second-order valence-corrected chi connectivity index (χ2v) is 15.4. The Bertz CT molecular complexity index is 2550. The summed E-state index contributed by atoms with van der Waals surface area (Å²) < 4.78 is 145. The average molecular weight is 1020 g/mol. The molecule has 0 aliphatic carbocycles. The Hall–Kier alpha value is -5.83. The summed E-state index contributed by atoms with van der Waals surface area (Å²) in [7, 11) is 0. The van der Waals surface area contributed by atoms with Crippen LogP contribution in [0.2, 0.25) is 0 Å². The third-order valence-corrected chi connectivity index (χ3v) is 9.29. The first-order valence-electron chi connectivity index (χ1n) is 17.6. The first kappa shape index (κ1) is 43.7. The molecule has 0 unspecified atom stereocenters. The molecular formula is C42H29F10N7Pt. The Labute approximate surface area is 350 Å². The van der Waals surface area contributed by atoms with Gasteiger partial charge in [0, 0.05) is 29.5 Å². The summed E-state index contributed by atoms with van der Waals surface area (Å²) in [5.74, 6) is -21.1. The van der Waals surface area contributed by atoms with Crippen molar-refractivity contribution in [2.45, 2.75) is 52.4 Å². The summed E-state index contributed by atoms with van der Waals surface area (Å²) in [5, 5.41) is 0. The smallest absolute Gasteiger partial charge is 0.418 e. The number of hydrogen-bond acceptors (Lipinski definition) is 5. The largest absolute Gasteiger partial charge is 2.00 e. The molecule has 0 spiro atoms. The molecule has 18 heteroatoms. The molecule has 7 rings (SSSR count). The molecule has 312 valence electrons. The predicted molar refractivity (Wildman–Crippen MR) is 196 cm³/mol. The summed E-state index contributed by atoms with van der Waals surface area (Å²) >= 11 is 0. The van der Waals surface area contributed by atoms with Gasteiger partial charge in [0.1, 0.15) is 11.6 Å². The van der Waals surface area contributed by atoms with Crippen LogP contribution in [0.1, 0.15) is 52.7 Å². The van der Waals surface area contributed by atoms with Crippen LogP contribution < -0.4 is 4.90 Å². The molecule has 0 atom stereocenters. The Balaban J connectivity index is 0.00000604. The molecule has 0 N–H and O–H groups in total. The number of anilines is 3. The van der Waals surface area contributed by atoms with Gasteiger partial charge in [0.15, 0.2) is 58.2 Å². The van der Waals surface area contributed by atoms with Crippen LogP contribution in [-0.4, -0.2) is 29.1 Å². The van der Waals surface area contributed by atoms with Crippen molar-refractivity contribution in [3.05, 3.63) is 149 Å². The van der Waals surface area contributed by atoms with E-state index in [9.17, 15) is 43.9 Å². The van der Waals surface area contributed by atoms with Crippen molar-refractivity contribution in [2.75, 3.05) is 4.90 Å². The second kappa shape index (κ2) is 16.0. The molecule has 7 nitrogen and oxygen atoms in total. The third-order valence-electron chi connectivity index (χ3n) is 9.29. The van der Waals surface area contributed by atoms with Crippen molar-refractivity contribution >= 4 is 17.3 Å². The van der Waals surface area contributed by atoms with Crippen LogP contribution in [0.4, 0.5) is 61.2 Å². The van der Waals surface area contributed by atoms with E-state index in [0.29, 0.717) is 5.69 Å². The van der Waals surface area contributed by atoms with Crippen molar-refractivity contribution < 1.29 is 65.0 Å². The molecule has 3 aromatic carbocycles. The fourth-order valence-corrected chi connectivity index (χ4v) is 6.04. The van der Waals surface area contributed by atoms with Crippen molar-refractivity contribution in [3.63, 3.8) is 0 Å². The van der Waals surface area contributed by atoms with E-state index in [1.54, 1.807) is 29.2 Å². The summed E-state index contributed by atoms with van der Waals surface area (Å²) in [6.07, 6.45) is 6.90. The Morgan fingerprint density at radius 1 is 0.483 bits per heavy atom. The zero-order chi connectivity index (χ0) is 42.9. The van der Waals surface area contributed by atoms with E-state index >= 15 is 0 Å². The molecule has 0 saturated heterocycles. The third kappa shape index (κ3) is 7.82. The molecule has 0 amide bonds. The predicted octanol–water partition coefficient (Wildman–Crippen LogP) is 11.2. The van der Waals surface area contributed by atoms with Crippen LogP contribution in [0.15, 0.2) is 67.0 Å². The van der Waals surface area contributed by atoms with Gasteiger partial charge in [-0.15, -0.1) is 0 Å². The molecule has 0 aliphatic heterocycles. The maximum atomic E-state index is 14.7. The van der Waals surface area contributed by atoms with Crippen LogP contribution in [0.5, 0.6) is 0 Å². The maximum Gasteiger partial charge on any atom is 2.00 e. The van der Waals surface area contributed by atoms with Gasteiger partial charge in [0.25, 0.3) is 0 Å². The van der Waals surface area contributed by atoms with Crippen LogP contribution in [-0.2, 0) is 31.9 Å². The number of aromatic nitrogens is 6. The molecule has 0 radical (unpaired) electrons. The monoisotopic (exact) mass is 1020 g/mol. The topological polar surface area (TPSA) is 64.7 Å². The summed E-state index contributed by atoms with van der Waals surface area (Å²) in [6, 6.07) is 15.2. The van der Waals surface area contributed by atoms with E-state index in [4.69, 9.17) is 9.97 Å². The normalized spacial score (nSPS) is 11.9. The number of pyridine rings is 2. The summed E-state index contributed by atoms with van der Waals surface area (Å²) in [5.41, 5.74) is -2.12. The fourth-order valence-electron chi connectivity index (χ4n) is 6.04. The molecule has 4 aromatic heterocycles. The van der Waals surface area contributed by atoms with Crippen molar-refractivity contribution in [1.29, 1.82) is 0 Å². The van der Waals surface area contributed by atoms with E-state index in [-0.39, 0.29) is 55.2 Å². The summed E-state index contributed by atoms with van der Waals surface area (Å²) in [4.78, 5) is 18.7. The van der Waals surface area contributed by atoms with Crippen LogP contribution >= 0.6 is 0 Å². The van der Waals surface area contributed by atoms with Crippen LogP contribution in [0, 0.1) is 70.8 Å². The zero-order valence-corrected chi connectivity index (χ0v) is 34.3. The number of hydrogen-bond donors (Lipinski definition) is 0. The Morgan fingerprint density at radius 2 is 0.817 bits per heavy atom. The van der Waals surface area contributed by atoms with Gasteiger partial charge in [-0.3, -0.25) is 14.9 Å². The van der Waals surface area contributed by atoms with Gasteiger partial charge < -0.3 is 19.1 Å². The molecule has 0 aliphatic rings. The summed E-state index contributed by atoms with van der Waals surface area (Å²) in [6.45, 7) is 12.1. The molecule has 0 bridgehead atoms. The number of imidazole rings is 2. The Kier molecular flexibility index (Phi) is 11.6. The van der Waals surface area contributed by atoms with Gasteiger partial charge in [-0.25, -0.2) is 43.9 Å². The fraction of sp³-hybridized carbons (Fsp3) is 0.190. The van der Waals surface area contributed by atoms with Crippen molar-refractivity contribution in [1.82, 2.24) is 29.1 Å². The van der Waals surface area contributed by atoms with E-state index in [2.05, 4.69) is 28.7 Å². The van der Waals surface area contributed by atoms with E-state index < -0.39 is 80.7 Å². The van der Waals surface area contributed by atoms with E-state index in [1.807, 2.05) is 53.7 Å². The van der Waals surface area contributed by atoms with Crippen LogP contribution in [0.3, 0.4) is 0 Å². The van der Waals surface area contributed by atoms with Gasteiger partial charge in [0.05, 0.1) is 11.6 Å². The van der Waals surface area contributed by atoms with Crippen molar-refractivity contribution in [2.24, 2.45) is 0 Å². The number of nitrogens with zero attached hydrogens (tertiary/aromatic N) is 7. The quantitative estimate of drug-likeness (QED) is 0.0689. The molecule has 0 fully saturated rings. The van der Waals surface area contributed by atoms with E-state index in [1.165, 1.54) is 12.1 Å². The minimum absolute atomic E-state index is 0. The molecule has 60 heavy (non-hydrogen) atoms. The number of benzene rings is 3. The SMILES string of the molecule is CC(C)(C)c1cc(N(c2cccc(-n3[c-]nc(-c4c(F)c(F)c(F)c(F)c4F)c3)n2)c2cccc(-n3[c-]nc(-c4c(F)c(F)c(F)c(F)c4F)c3)n2)cc(C(C)(C)C)c1.[Pt+2]. The maximum absolute atomic E-state index is 14.7. The van der Waals surface area contributed by atoms with Gasteiger partial charge in [-0.05, 0) is 57.6 Å². The standard InChI is InChI=1S/C42H29F10N7.Pt/c1-41(2,3)20-13-21(42(4,5)6)15-22(14-20)59(27-11-7-9-25(55-27)57-16-23(53-18-57)29-31(43)35(47)39(51)36(48)32(29)44)28-12-8-10-26(56-28)58-17-24(54-19-58)30-33(45)37(49)40(52)38(50)34(30)46;/h7-17H,1-6H3;/q-2;+2. The van der Waals surface area contributed by atoms with Crippen molar-refractivity contribution in [3.8, 4) is 34.2 Å². The second-order valence-electron chi connectivity index (χ2n) is 15.4. The van der Waals surface area contributed by atoms with Gasteiger partial charge in [-0.1, -0.05) is 84.3 Å². The Morgan fingerprint density at radius 3 is 1.15 bits per heavy atom. The molecule has 0 saturated carbocycles. The zero-order valence-electron chi connectivity index (χ0n) is 32.1. The minimum Gasteiger partial charge on any atom is -0.418 e. The van der Waals surface area contributed by atoms with Gasteiger partial charge in [0.2, 0.25) is 0 Å². The molecule has 7 aromatic rings. The first-order valence-corrected chi connectivity index (χ1v) is 17.6. The van der Waals surface area contributed by atoms with Gasteiger partial charge >= 0.3 is 21.1 Å².